The summed E-state index contributed by atoms with van der Waals surface area (Å²) < 4.78 is 23.6. The van der Waals surface area contributed by atoms with E-state index in [1.165, 1.54) is 0 Å². The van der Waals surface area contributed by atoms with Crippen molar-refractivity contribution in [3.05, 3.63) is 185 Å². The zero-order chi connectivity index (χ0) is 49.1. The van der Waals surface area contributed by atoms with Crippen molar-refractivity contribution in [2.24, 2.45) is 5.92 Å². The number of morpholine rings is 2. The number of hydrogen-bond acceptors (Lipinski definition) is 11. The fraction of sp³-hybridized carbons (Fsp3) is 0.263. The average molecular weight is 952 g/mol. The van der Waals surface area contributed by atoms with Crippen LogP contribution in [0.15, 0.2) is 152 Å². The van der Waals surface area contributed by atoms with Gasteiger partial charge in [-0.25, -0.2) is 9.69 Å². The van der Waals surface area contributed by atoms with Gasteiger partial charge in [0.1, 0.15) is 35.7 Å². The van der Waals surface area contributed by atoms with Crippen molar-refractivity contribution in [3.63, 3.8) is 0 Å². The maximum atomic E-state index is 16.5. The second-order valence-corrected chi connectivity index (χ2v) is 17.7. The molecule has 14 heteroatoms. The number of aliphatic hydroxyl groups excluding tert-OH is 1. The van der Waals surface area contributed by atoms with Gasteiger partial charge in [-0.1, -0.05) is 84.6 Å². The van der Waals surface area contributed by atoms with Gasteiger partial charge >= 0.3 is 12.0 Å². The van der Waals surface area contributed by atoms with E-state index in [2.05, 4.69) is 27.4 Å². The quantitative estimate of drug-likeness (QED) is 0.0882. The van der Waals surface area contributed by atoms with Crippen molar-refractivity contribution in [1.29, 1.82) is 0 Å². The summed E-state index contributed by atoms with van der Waals surface area (Å²) in [6.07, 6.45) is -0.914. The van der Waals surface area contributed by atoms with E-state index in [0.717, 1.165) is 16.2 Å². The van der Waals surface area contributed by atoms with E-state index in [1.807, 2.05) is 108 Å². The number of anilines is 3. The molecule has 1 unspecified atom stereocenters. The number of urea groups is 1. The molecule has 4 aliphatic heterocycles. The third-order valence-electron chi connectivity index (χ3n) is 13.8. The fourth-order valence-corrected chi connectivity index (χ4v) is 10.8. The number of hydrogen-bond donors (Lipinski definition) is 3. The number of esters is 1. The van der Waals surface area contributed by atoms with E-state index < -0.39 is 59.4 Å². The largest absolute Gasteiger partial charge is 0.497 e. The molecule has 6 aromatic carbocycles. The molecule has 14 nitrogen and oxygen atoms in total. The van der Waals surface area contributed by atoms with Gasteiger partial charge in [-0.05, 0) is 108 Å². The van der Waals surface area contributed by atoms with E-state index in [-0.39, 0.29) is 25.4 Å². The lowest BCUT2D eigenvalue weighted by Gasteiger charge is -2.46. The summed E-state index contributed by atoms with van der Waals surface area (Å²) in [5, 5.41) is 15.8. The Balaban J connectivity index is 1.24. The van der Waals surface area contributed by atoms with Crippen LogP contribution in [0, 0.1) is 17.8 Å². The van der Waals surface area contributed by atoms with Crippen molar-refractivity contribution < 1.29 is 43.2 Å². The molecule has 4 amide bonds. The number of methoxy groups -OCH3 is 1. The first-order valence-electron chi connectivity index (χ1n) is 23.8. The molecule has 4 heterocycles. The molecule has 6 aromatic rings. The van der Waals surface area contributed by atoms with Crippen LogP contribution in [0.2, 0.25) is 0 Å². The Kier molecular flexibility index (Phi) is 13.3. The molecule has 6 atom stereocenters. The van der Waals surface area contributed by atoms with Gasteiger partial charge in [0.05, 0.1) is 50.6 Å². The Bertz CT molecular complexity index is 2990. The molecule has 4 aliphatic rings. The summed E-state index contributed by atoms with van der Waals surface area (Å²) in [6, 6.07) is 42.1. The molecule has 0 aromatic heterocycles. The first-order chi connectivity index (χ1) is 34.7. The number of nitrogens with zero attached hydrogens (tertiary/aromatic N) is 3. The van der Waals surface area contributed by atoms with Crippen LogP contribution in [0.25, 0.3) is 0 Å². The van der Waals surface area contributed by atoms with Gasteiger partial charge in [0.2, 0.25) is 11.8 Å². The van der Waals surface area contributed by atoms with Crippen LogP contribution in [0.1, 0.15) is 58.5 Å². The third kappa shape index (κ3) is 8.62. The topological polar surface area (TPSA) is 159 Å². The summed E-state index contributed by atoms with van der Waals surface area (Å²) in [4.78, 5) is 67.8. The number of cyclic esters (lactones) is 1. The molecule has 71 heavy (non-hydrogen) atoms. The second-order valence-electron chi connectivity index (χ2n) is 17.7. The lowest BCUT2D eigenvalue weighted by Crippen LogP contribution is -2.55. The SMILES string of the molecule is CCNC(=O)N1C(=O)[C@@]2(c3cc(C#Cc4ccc(OC)cc4)ccc31)[C@H](c1cccc(OCCO)c1)N1C(C(=O)O[C@@H](c3ccccc3)[C@H]1c1ccccc1)[C@@H]2C(=O)Nc1ccc(N2CCOCC2)cc1. The van der Waals surface area contributed by atoms with Crippen LogP contribution in [-0.4, -0.2) is 93.0 Å². The molecule has 0 radical (unpaired) electrons. The average Bonchev–Trinajstić information content (AvgIpc) is 3.87. The summed E-state index contributed by atoms with van der Waals surface area (Å²) in [5.74, 6) is 3.97. The van der Waals surface area contributed by atoms with Gasteiger partial charge in [0.25, 0.3) is 0 Å². The number of carbonyl (C=O) groups is 4. The molecular weight excluding hydrogens is 899 g/mol. The van der Waals surface area contributed by atoms with E-state index in [4.69, 9.17) is 18.9 Å². The first-order valence-corrected chi connectivity index (χ1v) is 23.8. The van der Waals surface area contributed by atoms with E-state index in [9.17, 15) is 9.90 Å². The van der Waals surface area contributed by atoms with Gasteiger partial charge in [-0.2, -0.15) is 0 Å². The highest BCUT2D eigenvalue weighted by Crippen LogP contribution is 2.66. The van der Waals surface area contributed by atoms with Crippen molar-refractivity contribution in [2.45, 2.75) is 36.6 Å². The predicted molar refractivity (Wildman–Crippen MR) is 267 cm³/mol. The van der Waals surface area contributed by atoms with Crippen molar-refractivity contribution >= 4 is 40.9 Å². The van der Waals surface area contributed by atoms with Crippen LogP contribution in [0.3, 0.4) is 0 Å². The highest BCUT2D eigenvalue weighted by atomic mass is 16.6. The summed E-state index contributed by atoms with van der Waals surface area (Å²) in [6.45, 7) is 4.31. The molecule has 10 rings (SSSR count). The molecule has 0 bridgehead atoms. The number of imide groups is 1. The predicted octanol–water partition coefficient (Wildman–Crippen LogP) is 7.34. The van der Waals surface area contributed by atoms with Gasteiger partial charge in [-0.15, -0.1) is 0 Å². The second kappa shape index (κ2) is 20.2. The molecule has 3 fully saturated rings. The monoisotopic (exact) mass is 951 g/mol. The highest BCUT2D eigenvalue weighted by molar-refractivity contribution is 6.25. The van der Waals surface area contributed by atoms with Crippen LogP contribution < -0.4 is 29.9 Å². The number of benzene rings is 6. The molecule has 0 aliphatic carbocycles. The van der Waals surface area contributed by atoms with Crippen LogP contribution in [0.5, 0.6) is 11.5 Å². The summed E-state index contributed by atoms with van der Waals surface area (Å²) in [5.41, 5.74) is 3.12. The number of nitrogens with one attached hydrogen (secondary N) is 2. The summed E-state index contributed by atoms with van der Waals surface area (Å²) >= 11 is 0. The van der Waals surface area contributed by atoms with E-state index >= 15 is 14.4 Å². The first kappa shape index (κ1) is 46.8. The molecular formula is C57H53N5O9. The maximum Gasteiger partial charge on any atom is 0.328 e. The lowest BCUT2D eigenvalue weighted by atomic mass is 9.65. The van der Waals surface area contributed by atoms with Gasteiger partial charge < -0.3 is 39.6 Å². The minimum Gasteiger partial charge on any atom is -0.497 e. The van der Waals surface area contributed by atoms with Crippen molar-refractivity contribution in [1.82, 2.24) is 10.2 Å². The minimum absolute atomic E-state index is 0.0149. The van der Waals surface area contributed by atoms with Crippen molar-refractivity contribution in [2.75, 3.05) is 68.3 Å². The number of ether oxygens (including phenoxy) is 4. The van der Waals surface area contributed by atoms with Crippen LogP contribution in [-0.2, 0) is 29.3 Å². The Morgan fingerprint density at radius 3 is 2.13 bits per heavy atom. The Hall–Kier alpha value is -7.96. The number of aliphatic hydroxyl groups is 1. The van der Waals surface area contributed by atoms with Crippen molar-refractivity contribution in [3.8, 4) is 23.3 Å². The lowest BCUT2D eigenvalue weighted by molar-refractivity contribution is -0.177. The Morgan fingerprint density at radius 1 is 0.761 bits per heavy atom. The van der Waals surface area contributed by atoms with Gasteiger partial charge in [0, 0.05) is 42.1 Å². The number of fused-ring (bicyclic) bond motifs is 3. The van der Waals surface area contributed by atoms with E-state index in [1.54, 1.807) is 62.6 Å². The smallest absolute Gasteiger partial charge is 0.328 e. The van der Waals surface area contributed by atoms with Gasteiger partial charge in [0.15, 0.2) is 0 Å². The van der Waals surface area contributed by atoms with Gasteiger partial charge in [-0.3, -0.25) is 19.3 Å². The number of rotatable bonds is 11. The van der Waals surface area contributed by atoms with Crippen LogP contribution in [0.4, 0.5) is 21.9 Å². The minimum atomic E-state index is -2.02. The number of carbonyl (C=O) groups excluding carboxylic acids is 4. The standard InChI is InChI=1S/C57H53N5O9/c1-3-58-56(67)61-47-28-21-38(18-17-37-19-26-44(68-2)27-20-37)35-46(47)57(55(61)66)48(53(64)59-42-22-24-43(25-23-42)60-29-32-69-33-30-60)50-54(65)71-51(40-13-8-5-9-14-40)49(39-11-6-4-7-12-39)62(50)52(57)41-15-10-16-45(36-41)70-34-31-63/h4-16,19-28,35-36,48-52,63H,3,29-34H2,1-2H3,(H,58,67)(H,59,64)/t48-,49-,50?,51+,52+,57-/m1/s1. The Morgan fingerprint density at radius 2 is 1.44 bits per heavy atom. The molecule has 3 saturated heterocycles. The summed E-state index contributed by atoms with van der Waals surface area (Å²) in [7, 11) is 1.59. The molecule has 0 saturated carbocycles. The molecule has 360 valence electrons. The van der Waals surface area contributed by atoms with E-state index in [0.29, 0.717) is 71.3 Å². The maximum absolute atomic E-state index is 16.5. The molecule has 3 N–H and O–H groups in total. The zero-order valence-corrected chi connectivity index (χ0v) is 39.3. The fourth-order valence-electron chi connectivity index (χ4n) is 10.8. The van der Waals surface area contributed by atoms with Crippen LogP contribution >= 0.6 is 0 Å². The third-order valence-corrected chi connectivity index (χ3v) is 13.8. The number of amides is 4. The normalized spacial score (nSPS) is 22.4. The molecule has 1 spiro atoms. The Labute approximate surface area is 412 Å². The zero-order valence-electron chi connectivity index (χ0n) is 39.3. The highest BCUT2D eigenvalue weighted by Gasteiger charge is 2.75.